The van der Waals surface area contributed by atoms with Crippen molar-refractivity contribution < 1.29 is 14.7 Å². The fraction of sp³-hybridized carbons (Fsp3) is 0.462. The molecular weight excluding hydrogens is 246 g/mol. The van der Waals surface area contributed by atoms with Crippen molar-refractivity contribution in [3.05, 3.63) is 30.1 Å². The zero-order chi connectivity index (χ0) is 14.1. The van der Waals surface area contributed by atoms with Crippen LogP contribution in [0.5, 0.6) is 0 Å². The normalized spacial score (nSPS) is 11.6. The van der Waals surface area contributed by atoms with E-state index in [1.807, 2.05) is 19.1 Å². The van der Waals surface area contributed by atoms with Gasteiger partial charge in [0.05, 0.1) is 0 Å². The van der Waals surface area contributed by atoms with Crippen LogP contribution in [0.1, 0.15) is 25.3 Å². The second-order valence-corrected chi connectivity index (χ2v) is 4.36. The maximum Gasteiger partial charge on any atom is 0.315 e. The molecule has 3 N–H and O–H groups in total. The fourth-order valence-corrected chi connectivity index (χ4v) is 1.64. The summed E-state index contributed by atoms with van der Waals surface area (Å²) in [5.74, 6) is -0.853. The molecule has 0 spiro atoms. The molecule has 2 amide bonds. The van der Waals surface area contributed by atoms with Crippen LogP contribution in [0.3, 0.4) is 0 Å². The van der Waals surface area contributed by atoms with E-state index >= 15 is 0 Å². The molecule has 1 aromatic rings. The zero-order valence-corrected chi connectivity index (χ0v) is 10.9. The van der Waals surface area contributed by atoms with Crippen molar-refractivity contribution in [2.45, 2.75) is 32.2 Å². The predicted molar refractivity (Wildman–Crippen MR) is 70.8 cm³/mol. The highest BCUT2D eigenvalue weighted by Gasteiger charge is 2.07. The van der Waals surface area contributed by atoms with Crippen molar-refractivity contribution >= 4 is 12.0 Å². The second-order valence-electron chi connectivity index (χ2n) is 4.36. The summed E-state index contributed by atoms with van der Waals surface area (Å²) in [5, 5.41) is 13.9. The van der Waals surface area contributed by atoms with Crippen molar-refractivity contribution in [3.63, 3.8) is 0 Å². The summed E-state index contributed by atoms with van der Waals surface area (Å²) in [6.07, 6.45) is 4.65. The average Bonchev–Trinajstić information content (AvgIpc) is 2.35. The van der Waals surface area contributed by atoms with Gasteiger partial charge < -0.3 is 15.7 Å². The van der Waals surface area contributed by atoms with E-state index in [0.29, 0.717) is 13.0 Å². The van der Waals surface area contributed by atoms with Crippen LogP contribution in [-0.4, -0.2) is 34.7 Å². The maximum atomic E-state index is 11.5. The Labute approximate surface area is 112 Å². The summed E-state index contributed by atoms with van der Waals surface area (Å²) in [6, 6.07) is 3.54. The van der Waals surface area contributed by atoms with Crippen molar-refractivity contribution in [3.8, 4) is 0 Å². The highest BCUT2D eigenvalue weighted by atomic mass is 16.4. The third kappa shape index (κ3) is 7.03. The van der Waals surface area contributed by atoms with Gasteiger partial charge in [0, 0.05) is 31.4 Å². The summed E-state index contributed by atoms with van der Waals surface area (Å²) in [6.45, 7) is 2.28. The number of hydrogen-bond donors (Lipinski definition) is 3. The summed E-state index contributed by atoms with van der Waals surface area (Å²) >= 11 is 0. The van der Waals surface area contributed by atoms with Crippen molar-refractivity contribution in [1.29, 1.82) is 0 Å². The largest absolute Gasteiger partial charge is 0.481 e. The lowest BCUT2D eigenvalue weighted by atomic mass is 10.1. The van der Waals surface area contributed by atoms with Crippen LogP contribution in [0.4, 0.5) is 4.79 Å². The predicted octanol–water partition coefficient (Wildman–Crippen LogP) is 1.18. The van der Waals surface area contributed by atoms with E-state index in [9.17, 15) is 9.59 Å². The fourth-order valence-electron chi connectivity index (χ4n) is 1.64. The number of amides is 2. The molecule has 0 fully saturated rings. The van der Waals surface area contributed by atoms with E-state index in [-0.39, 0.29) is 18.5 Å². The summed E-state index contributed by atoms with van der Waals surface area (Å²) in [5.41, 5.74) is 1.11. The molecule has 1 heterocycles. The molecule has 0 aliphatic heterocycles. The molecule has 1 rings (SSSR count). The van der Waals surface area contributed by atoms with Crippen molar-refractivity contribution in [1.82, 2.24) is 15.6 Å². The van der Waals surface area contributed by atoms with E-state index < -0.39 is 5.97 Å². The van der Waals surface area contributed by atoms with Gasteiger partial charge in [-0.05, 0) is 37.5 Å². The van der Waals surface area contributed by atoms with Crippen LogP contribution >= 0.6 is 0 Å². The number of carboxylic acids is 1. The van der Waals surface area contributed by atoms with Crippen LogP contribution in [0, 0.1) is 0 Å². The monoisotopic (exact) mass is 265 g/mol. The highest BCUT2D eigenvalue weighted by Crippen LogP contribution is 2.00. The van der Waals surface area contributed by atoms with Gasteiger partial charge in [0.2, 0.25) is 0 Å². The molecule has 104 valence electrons. The van der Waals surface area contributed by atoms with Gasteiger partial charge >= 0.3 is 12.0 Å². The number of hydrogen-bond acceptors (Lipinski definition) is 3. The number of urea groups is 1. The van der Waals surface area contributed by atoms with E-state index in [0.717, 1.165) is 12.0 Å². The Balaban J connectivity index is 2.19. The first-order chi connectivity index (χ1) is 9.08. The first-order valence-corrected chi connectivity index (χ1v) is 6.23. The Bertz CT molecular complexity index is 409. The number of pyridine rings is 1. The molecule has 19 heavy (non-hydrogen) atoms. The number of rotatable bonds is 7. The molecule has 0 saturated heterocycles. The summed E-state index contributed by atoms with van der Waals surface area (Å²) < 4.78 is 0. The Morgan fingerprint density at radius 2 is 2.05 bits per heavy atom. The molecular formula is C13H19N3O3. The lowest BCUT2D eigenvalue weighted by molar-refractivity contribution is -0.137. The van der Waals surface area contributed by atoms with Crippen molar-refractivity contribution in [2.24, 2.45) is 0 Å². The number of nitrogens with one attached hydrogen (secondary N) is 2. The van der Waals surface area contributed by atoms with Gasteiger partial charge in [-0.1, -0.05) is 0 Å². The lowest BCUT2D eigenvalue weighted by Gasteiger charge is -2.14. The smallest absolute Gasteiger partial charge is 0.315 e. The van der Waals surface area contributed by atoms with E-state index in [1.54, 1.807) is 12.4 Å². The molecule has 0 aliphatic carbocycles. The number of aromatic nitrogens is 1. The second kappa shape index (κ2) is 8.07. The molecule has 0 radical (unpaired) electrons. The molecule has 0 aliphatic rings. The molecule has 0 bridgehead atoms. The Morgan fingerprint density at radius 3 is 2.68 bits per heavy atom. The van der Waals surface area contributed by atoms with Crippen LogP contribution in [-0.2, 0) is 11.2 Å². The molecule has 0 saturated carbocycles. The topological polar surface area (TPSA) is 91.3 Å². The quantitative estimate of drug-likeness (QED) is 0.645. The van der Waals surface area contributed by atoms with Crippen LogP contribution < -0.4 is 10.6 Å². The van der Waals surface area contributed by atoms with Crippen LogP contribution in [0.25, 0.3) is 0 Å². The van der Waals surface area contributed by atoms with Gasteiger partial charge in [0.1, 0.15) is 0 Å². The SMILES string of the molecule is CC(Cc1ccncc1)NC(=O)NCCCC(=O)O. The highest BCUT2D eigenvalue weighted by molar-refractivity contribution is 5.74. The Hall–Kier alpha value is -2.11. The average molecular weight is 265 g/mol. The minimum Gasteiger partial charge on any atom is -0.481 e. The number of nitrogens with zero attached hydrogens (tertiary/aromatic N) is 1. The number of carbonyl (C=O) groups excluding carboxylic acids is 1. The Morgan fingerprint density at radius 1 is 1.37 bits per heavy atom. The first kappa shape index (κ1) is 14.9. The van der Waals surface area contributed by atoms with Gasteiger partial charge in [-0.3, -0.25) is 9.78 Å². The lowest BCUT2D eigenvalue weighted by Crippen LogP contribution is -2.42. The molecule has 1 atom stereocenters. The standard InChI is InChI=1S/C13H19N3O3/c1-10(9-11-4-7-14-8-5-11)16-13(19)15-6-2-3-12(17)18/h4-5,7-8,10H,2-3,6,9H2,1H3,(H,17,18)(H2,15,16,19). The van der Waals surface area contributed by atoms with Crippen LogP contribution in [0.2, 0.25) is 0 Å². The third-order valence-corrected chi connectivity index (χ3v) is 2.52. The van der Waals surface area contributed by atoms with E-state index in [2.05, 4.69) is 15.6 Å². The third-order valence-electron chi connectivity index (χ3n) is 2.52. The Kier molecular flexibility index (Phi) is 6.35. The number of carbonyl (C=O) groups is 2. The van der Waals surface area contributed by atoms with Gasteiger partial charge in [-0.15, -0.1) is 0 Å². The summed E-state index contributed by atoms with van der Waals surface area (Å²) in [7, 11) is 0. The van der Waals surface area contributed by atoms with Gasteiger partial charge in [-0.2, -0.15) is 0 Å². The molecule has 1 unspecified atom stereocenters. The molecule has 6 nitrogen and oxygen atoms in total. The maximum absolute atomic E-state index is 11.5. The number of aliphatic carboxylic acids is 1. The zero-order valence-electron chi connectivity index (χ0n) is 10.9. The minimum atomic E-state index is -0.853. The van der Waals surface area contributed by atoms with Crippen LogP contribution in [0.15, 0.2) is 24.5 Å². The van der Waals surface area contributed by atoms with E-state index in [1.165, 1.54) is 0 Å². The van der Waals surface area contributed by atoms with Gasteiger partial charge in [-0.25, -0.2) is 4.79 Å². The van der Waals surface area contributed by atoms with Gasteiger partial charge in [0.15, 0.2) is 0 Å². The van der Waals surface area contributed by atoms with Crippen molar-refractivity contribution in [2.75, 3.05) is 6.54 Å². The first-order valence-electron chi connectivity index (χ1n) is 6.23. The molecule has 6 heteroatoms. The molecule has 1 aromatic heterocycles. The van der Waals surface area contributed by atoms with Gasteiger partial charge in [0.25, 0.3) is 0 Å². The minimum absolute atomic E-state index is 0.00173. The number of carboxylic acid groups (broad SMARTS) is 1. The van der Waals surface area contributed by atoms with E-state index in [4.69, 9.17) is 5.11 Å². The molecule has 0 aromatic carbocycles. The summed E-state index contributed by atoms with van der Waals surface area (Å²) in [4.78, 5) is 25.7.